The molecule has 0 radical (unpaired) electrons. The monoisotopic (exact) mass is 220 g/mol. The van der Waals surface area contributed by atoms with Crippen LogP contribution < -0.4 is 0 Å². The van der Waals surface area contributed by atoms with Crippen molar-refractivity contribution in [2.45, 2.75) is 46.1 Å². The number of aliphatic hydroxyl groups is 1. The fourth-order valence-corrected chi connectivity index (χ4v) is 5.07. The smallest absolute Gasteiger partial charge is 0.0602 e. The molecule has 0 aromatic rings. The first-order valence-electron chi connectivity index (χ1n) is 6.82. The molecule has 0 spiro atoms. The SMILES string of the molecule is C=C1CC[C@H](O)[C@]2(C)C[C@@H]3[C@@H](C(C)C)[C@@H]3[C@@H]12. The van der Waals surface area contributed by atoms with Crippen molar-refractivity contribution >= 4 is 0 Å². The van der Waals surface area contributed by atoms with Crippen LogP contribution >= 0.6 is 0 Å². The molecule has 1 heteroatoms. The van der Waals surface area contributed by atoms with Crippen molar-refractivity contribution < 1.29 is 5.11 Å². The maximum Gasteiger partial charge on any atom is 0.0602 e. The van der Waals surface area contributed by atoms with Crippen molar-refractivity contribution in [3.8, 4) is 0 Å². The topological polar surface area (TPSA) is 20.2 Å². The maximum atomic E-state index is 10.3. The molecule has 0 heterocycles. The van der Waals surface area contributed by atoms with E-state index in [1.807, 2.05) is 0 Å². The van der Waals surface area contributed by atoms with Crippen molar-refractivity contribution in [1.82, 2.24) is 0 Å². The zero-order chi connectivity index (χ0) is 11.7. The Balaban J connectivity index is 1.89. The lowest BCUT2D eigenvalue weighted by Gasteiger charge is -2.45. The van der Waals surface area contributed by atoms with E-state index in [-0.39, 0.29) is 11.5 Å². The summed E-state index contributed by atoms with van der Waals surface area (Å²) < 4.78 is 0. The summed E-state index contributed by atoms with van der Waals surface area (Å²) in [4.78, 5) is 0. The van der Waals surface area contributed by atoms with E-state index in [1.165, 1.54) is 12.0 Å². The number of aliphatic hydroxyl groups excluding tert-OH is 1. The van der Waals surface area contributed by atoms with Gasteiger partial charge in [-0.05, 0) is 48.9 Å². The number of hydrogen-bond acceptors (Lipinski definition) is 1. The first-order valence-corrected chi connectivity index (χ1v) is 6.82. The highest BCUT2D eigenvalue weighted by atomic mass is 16.3. The predicted molar refractivity (Wildman–Crippen MR) is 65.9 cm³/mol. The molecule has 1 nitrogen and oxygen atoms in total. The summed E-state index contributed by atoms with van der Waals surface area (Å²) in [6, 6.07) is 0. The van der Waals surface area contributed by atoms with Crippen LogP contribution in [0.15, 0.2) is 12.2 Å². The van der Waals surface area contributed by atoms with Crippen LogP contribution in [0, 0.1) is 35.0 Å². The van der Waals surface area contributed by atoms with Gasteiger partial charge in [0.2, 0.25) is 0 Å². The Kier molecular flexibility index (Phi) is 2.12. The highest BCUT2D eigenvalue weighted by molar-refractivity contribution is 5.26. The molecule has 0 aromatic heterocycles. The third-order valence-corrected chi connectivity index (χ3v) is 5.77. The Labute approximate surface area is 98.9 Å². The molecule has 6 atom stereocenters. The minimum absolute atomic E-state index is 0.0800. The summed E-state index contributed by atoms with van der Waals surface area (Å²) >= 11 is 0. The standard InChI is InChI=1S/C15H24O/c1-8(2)12-10-7-15(4)11(16)6-5-9(3)14(15)13(10)12/h8,10-14,16H,3,5-7H2,1-2,4H3/t10-,11+,12-,13-,14-,15+/m1/s1. The summed E-state index contributed by atoms with van der Waals surface area (Å²) in [5.41, 5.74) is 1.60. The maximum absolute atomic E-state index is 10.3. The second-order valence-electron chi connectivity index (χ2n) is 6.96. The van der Waals surface area contributed by atoms with Crippen LogP contribution in [0.2, 0.25) is 0 Å². The number of allylic oxidation sites excluding steroid dienone is 1. The Bertz CT molecular complexity index is 332. The molecule has 3 fully saturated rings. The molecule has 1 N–H and O–H groups in total. The lowest BCUT2D eigenvalue weighted by molar-refractivity contribution is -0.0212. The van der Waals surface area contributed by atoms with Gasteiger partial charge in [0, 0.05) is 5.41 Å². The molecule has 3 rings (SSSR count). The molecule has 90 valence electrons. The van der Waals surface area contributed by atoms with E-state index in [4.69, 9.17) is 0 Å². The first-order chi connectivity index (χ1) is 7.47. The molecular formula is C15H24O. The second-order valence-corrected chi connectivity index (χ2v) is 6.96. The van der Waals surface area contributed by atoms with E-state index in [0.29, 0.717) is 5.92 Å². The Morgan fingerprint density at radius 1 is 1.44 bits per heavy atom. The summed E-state index contributed by atoms with van der Waals surface area (Å²) in [6.07, 6.45) is 3.15. The van der Waals surface area contributed by atoms with E-state index in [0.717, 1.165) is 36.5 Å². The van der Waals surface area contributed by atoms with E-state index < -0.39 is 0 Å². The molecule has 0 saturated heterocycles. The van der Waals surface area contributed by atoms with Crippen LogP contribution in [-0.2, 0) is 0 Å². The normalized spacial score (nSPS) is 55.1. The largest absolute Gasteiger partial charge is 0.393 e. The number of hydrogen-bond donors (Lipinski definition) is 1. The predicted octanol–water partition coefficient (Wildman–Crippen LogP) is 3.24. The average Bonchev–Trinajstić information content (AvgIpc) is 2.78. The van der Waals surface area contributed by atoms with Gasteiger partial charge in [-0.3, -0.25) is 0 Å². The number of rotatable bonds is 1. The Morgan fingerprint density at radius 2 is 2.12 bits per heavy atom. The lowest BCUT2D eigenvalue weighted by atomic mass is 9.62. The van der Waals surface area contributed by atoms with E-state index in [1.54, 1.807) is 0 Å². The quantitative estimate of drug-likeness (QED) is 0.673. The van der Waals surface area contributed by atoms with Crippen molar-refractivity contribution in [3.63, 3.8) is 0 Å². The summed E-state index contributed by atoms with van der Waals surface area (Å²) in [5.74, 6) is 4.09. The van der Waals surface area contributed by atoms with Gasteiger partial charge in [-0.25, -0.2) is 0 Å². The van der Waals surface area contributed by atoms with Gasteiger partial charge in [0.15, 0.2) is 0 Å². The first kappa shape index (κ1) is 10.8. The van der Waals surface area contributed by atoms with Crippen LogP contribution in [-0.4, -0.2) is 11.2 Å². The number of fused-ring (bicyclic) bond motifs is 3. The van der Waals surface area contributed by atoms with E-state index in [2.05, 4.69) is 27.4 Å². The molecule has 0 aliphatic heterocycles. The van der Waals surface area contributed by atoms with E-state index in [9.17, 15) is 5.11 Å². The summed E-state index contributed by atoms with van der Waals surface area (Å²) in [5, 5.41) is 10.3. The lowest BCUT2D eigenvalue weighted by Crippen LogP contribution is -2.43. The molecule has 0 unspecified atom stereocenters. The van der Waals surface area contributed by atoms with Crippen LogP contribution in [0.25, 0.3) is 0 Å². The molecule has 3 aliphatic carbocycles. The highest BCUT2D eigenvalue weighted by Gasteiger charge is 2.68. The van der Waals surface area contributed by atoms with E-state index >= 15 is 0 Å². The van der Waals surface area contributed by atoms with Gasteiger partial charge in [0.1, 0.15) is 0 Å². The fourth-order valence-electron chi connectivity index (χ4n) is 5.07. The summed E-state index contributed by atoms with van der Waals surface area (Å²) in [7, 11) is 0. The van der Waals surface area contributed by atoms with Crippen molar-refractivity contribution in [3.05, 3.63) is 12.2 Å². The van der Waals surface area contributed by atoms with Crippen molar-refractivity contribution in [2.75, 3.05) is 0 Å². The van der Waals surface area contributed by atoms with Crippen LogP contribution in [0.4, 0.5) is 0 Å². The Hall–Kier alpha value is -0.300. The van der Waals surface area contributed by atoms with Gasteiger partial charge in [-0.15, -0.1) is 0 Å². The van der Waals surface area contributed by atoms with Gasteiger partial charge in [-0.2, -0.15) is 0 Å². The second kappa shape index (κ2) is 3.13. The van der Waals surface area contributed by atoms with Gasteiger partial charge >= 0.3 is 0 Å². The minimum Gasteiger partial charge on any atom is -0.393 e. The average molecular weight is 220 g/mol. The molecule has 0 amide bonds. The van der Waals surface area contributed by atoms with Crippen LogP contribution in [0.3, 0.4) is 0 Å². The van der Waals surface area contributed by atoms with Crippen molar-refractivity contribution in [1.29, 1.82) is 0 Å². The van der Waals surface area contributed by atoms with Crippen LogP contribution in [0.5, 0.6) is 0 Å². The van der Waals surface area contributed by atoms with Crippen molar-refractivity contribution in [2.24, 2.45) is 35.0 Å². The van der Waals surface area contributed by atoms with Gasteiger partial charge < -0.3 is 5.11 Å². The fraction of sp³-hybridized carbons (Fsp3) is 0.867. The molecule has 0 bridgehead atoms. The third kappa shape index (κ3) is 1.16. The summed E-state index contributed by atoms with van der Waals surface area (Å²) in [6.45, 7) is 11.3. The third-order valence-electron chi connectivity index (χ3n) is 5.77. The van der Waals surface area contributed by atoms with Gasteiger partial charge in [0.25, 0.3) is 0 Å². The minimum atomic E-state index is -0.0800. The molecule has 3 saturated carbocycles. The molecule has 3 aliphatic rings. The Morgan fingerprint density at radius 3 is 2.75 bits per heavy atom. The highest BCUT2D eigenvalue weighted by Crippen LogP contribution is 2.73. The van der Waals surface area contributed by atoms with Gasteiger partial charge in [-0.1, -0.05) is 32.9 Å². The molecule has 16 heavy (non-hydrogen) atoms. The van der Waals surface area contributed by atoms with Crippen LogP contribution in [0.1, 0.15) is 40.0 Å². The zero-order valence-corrected chi connectivity index (χ0v) is 10.7. The zero-order valence-electron chi connectivity index (χ0n) is 10.7. The molecule has 0 aromatic carbocycles. The van der Waals surface area contributed by atoms with Gasteiger partial charge in [0.05, 0.1) is 6.10 Å². The molecular weight excluding hydrogens is 196 g/mol.